The van der Waals surface area contributed by atoms with Crippen LogP contribution in [0.3, 0.4) is 0 Å². The van der Waals surface area contributed by atoms with Crippen LogP contribution in [-0.4, -0.2) is 41.9 Å². The Hall–Kier alpha value is -2.62. The molecule has 1 N–H and O–H groups in total. The van der Waals surface area contributed by atoms with Gasteiger partial charge in [0.2, 0.25) is 15.2 Å². The van der Waals surface area contributed by atoms with Crippen molar-refractivity contribution < 1.29 is 13.2 Å². The predicted molar refractivity (Wildman–Crippen MR) is 114 cm³/mol. The number of hydrogen-bond donors (Lipinski definition) is 1. The van der Waals surface area contributed by atoms with Gasteiger partial charge in [-0.15, -0.1) is 10.2 Å². The van der Waals surface area contributed by atoms with E-state index in [1.54, 1.807) is 13.8 Å². The first-order valence-electron chi connectivity index (χ1n) is 9.22. The van der Waals surface area contributed by atoms with E-state index in [4.69, 9.17) is 0 Å². The van der Waals surface area contributed by atoms with Gasteiger partial charge in [-0.3, -0.25) is 10.1 Å². The van der Waals surface area contributed by atoms with Crippen LogP contribution >= 0.6 is 11.3 Å². The highest BCUT2D eigenvalue weighted by atomic mass is 32.2. The first kappa shape index (κ1) is 21.1. The van der Waals surface area contributed by atoms with Crippen molar-refractivity contribution >= 4 is 32.4 Å². The summed E-state index contributed by atoms with van der Waals surface area (Å²) in [6.07, 6.45) is 0.645. The van der Waals surface area contributed by atoms with Gasteiger partial charge in [0.15, 0.2) is 0 Å². The zero-order valence-corrected chi connectivity index (χ0v) is 17.8. The fraction of sp³-hybridized carbons (Fsp3) is 0.250. The quantitative estimate of drug-likeness (QED) is 0.591. The third-order valence-electron chi connectivity index (χ3n) is 4.35. The summed E-state index contributed by atoms with van der Waals surface area (Å²) in [5, 5.41) is 12.0. The van der Waals surface area contributed by atoms with E-state index < -0.39 is 10.0 Å². The van der Waals surface area contributed by atoms with Gasteiger partial charge in [-0.1, -0.05) is 55.5 Å². The maximum Gasteiger partial charge on any atom is 0.257 e. The number of rotatable bonds is 8. The molecule has 7 nitrogen and oxygen atoms in total. The minimum absolute atomic E-state index is 0.166. The Morgan fingerprint density at radius 1 is 1.00 bits per heavy atom. The van der Waals surface area contributed by atoms with Crippen molar-refractivity contribution in [3.05, 3.63) is 70.7 Å². The number of benzene rings is 2. The number of sulfonamides is 1. The maximum absolute atomic E-state index is 12.5. The highest BCUT2D eigenvalue weighted by molar-refractivity contribution is 7.89. The molecule has 29 heavy (non-hydrogen) atoms. The second-order valence-corrected chi connectivity index (χ2v) is 9.23. The molecule has 0 saturated heterocycles. The molecule has 1 aromatic heterocycles. The normalized spacial score (nSPS) is 11.6. The van der Waals surface area contributed by atoms with Crippen molar-refractivity contribution in [1.82, 2.24) is 14.5 Å². The monoisotopic (exact) mass is 430 g/mol. The molecule has 2 aromatic carbocycles. The van der Waals surface area contributed by atoms with Gasteiger partial charge in [0, 0.05) is 25.1 Å². The first-order chi connectivity index (χ1) is 13.9. The van der Waals surface area contributed by atoms with E-state index in [0.29, 0.717) is 30.2 Å². The lowest BCUT2D eigenvalue weighted by Crippen LogP contribution is -2.30. The Kier molecular flexibility index (Phi) is 6.73. The third kappa shape index (κ3) is 5.06. The van der Waals surface area contributed by atoms with Crippen molar-refractivity contribution in [2.24, 2.45) is 0 Å². The molecule has 0 spiro atoms. The van der Waals surface area contributed by atoms with Crippen LogP contribution in [0.5, 0.6) is 0 Å². The average molecular weight is 431 g/mol. The van der Waals surface area contributed by atoms with E-state index >= 15 is 0 Å². The van der Waals surface area contributed by atoms with Crippen LogP contribution in [0.25, 0.3) is 0 Å². The van der Waals surface area contributed by atoms with E-state index in [-0.39, 0.29) is 10.8 Å². The lowest BCUT2D eigenvalue weighted by atomic mass is 10.2. The average Bonchev–Trinajstić information content (AvgIpc) is 3.16. The Labute approximate surface area is 174 Å². The van der Waals surface area contributed by atoms with Crippen molar-refractivity contribution in [3.8, 4) is 0 Å². The van der Waals surface area contributed by atoms with Gasteiger partial charge in [0.25, 0.3) is 5.91 Å². The number of aromatic nitrogens is 2. The standard InChI is InChI=1S/C20H22N4O3S2/c1-3-24(4-2)29(26,27)17-12-10-16(11-13-17)19(25)21-20-23-22-18(28-20)14-15-8-6-5-7-9-15/h5-13H,3-4,14H2,1-2H3,(H,21,23,25). The summed E-state index contributed by atoms with van der Waals surface area (Å²) < 4.78 is 26.4. The Morgan fingerprint density at radius 2 is 1.66 bits per heavy atom. The minimum atomic E-state index is -3.55. The maximum atomic E-state index is 12.5. The molecular weight excluding hydrogens is 408 g/mol. The Balaban J connectivity index is 1.67. The van der Waals surface area contributed by atoms with Crippen molar-refractivity contribution in [3.63, 3.8) is 0 Å². The molecule has 0 fully saturated rings. The summed E-state index contributed by atoms with van der Waals surface area (Å²) in [5.74, 6) is -0.362. The van der Waals surface area contributed by atoms with Gasteiger partial charge in [-0.25, -0.2) is 8.42 Å². The summed E-state index contributed by atoms with van der Waals surface area (Å²) in [6.45, 7) is 4.36. The number of anilines is 1. The molecule has 0 radical (unpaired) electrons. The number of nitrogens with one attached hydrogen (secondary N) is 1. The first-order valence-corrected chi connectivity index (χ1v) is 11.5. The third-order valence-corrected chi connectivity index (χ3v) is 7.25. The van der Waals surface area contributed by atoms with Crippen LogP contribution < -0.4 is 5.32 Å². The van der Waals surface area contributed by atoms with Gasteiger partial charge in [0.05, 0.1) is 4.90 Å². The Bertz CT molecular complexity index is 1060. The van der Waals surface area contributed by atoms with E-state index in [9.17, 15) is 13.2 Å². The zero-order valence-electron chi connectivity index (χ0n) is 16.2. The molecule has 1 heterocycles. The van der Waals surface area contributed by atoms with Crippen molar-refractivity contribution in [2.45, 2.75) is 25.2 Å². The van der Waals surface area contributed by atoms with E-state index in [1.807, 2.05) is 30.3 Å². The molecular formula is C20H22N4O3S2. The molecule has 0 aliphatic rings. The highest BCUT2D eigenvalue weighted by Crippen LogP contribution is 2.20. The molecule has 3 aromatic rings. The number of hydrogen-bond acceptors (Lipinski definition) is 6. The number of carbonyl (C=O) groups is 1. The fourth-order valence-corrected chi connectivity index (χ4v) is 5.03. The molecule has 0 atom stereocenters. The zero-order chi connectivity index (χ0) is 20.9. The highest BCUT2D eigenvalue weighted by Gasteiger charge is 2.21. The minimum Gasteiger partial charge on any atom is -0.296 e. The molecule has 0 bridgehead atoms. The summed E-state index contributed by atoms with van der Waals surface area (Å²) in [5.41, 5.74) is 1.47. The largest absolute Gasteiger partial charge is 0.296 e. The number of carbonyl (C=O) groups excluding carboxylic acids is 1. The number of amides is 1. The van der Waals surface area contributed by atoms with Crippen molar-refractivity contribution in [2.75, 3.05) is 18.4 Å². The summed E-state index contributed by atoms with van der Waals surface area (Å²) in [6, 6.07) is 15.8. The van der Waals surface area contributed by atoms with Crippen LogP contribution in [0.4, 0.5) is 5.13 Å². The topological polar surface area (TPSA) is 92.3 Å². The summed E-state index contributed by atoms with van der Waals surface area (Å²) >= 11 is 1.31. The van der Waals surface area contributed by atoms with E-state index in [1.165, 1.54) is 39.9 Å². The van der Waals surface area contributed by atoms with Crippen LogP contribution in [0.15, 0.2) is 59.5 Å². The molecule has 9 heteroatoms. The van der Waals surface area contributed by atoms with Crippen LogP contribution in [0, 0.1) is 0 Å². The van der Waals surface area contributed by atoms with Crippen molar-refractivity contribution in [1.29, 1.82) is 0 Å². The second kappa shape index (κ2) is 9.25. The lowest BCUT2D eigenvalue weighted by Gasteiger charge is -2.18. The van der Waals surface area contributed by atoms with Gasteiger partial charge >= 0.3 is 0 Å². The Morgan fingerprint density at radius 3 is 2.28 bits per heavy atom. The van der Waals surface area contributed by atoms with Crippen LogP contribution in [-0.2, 0) is 16.4 Å². The predicted octanol–water partition coefficient (Wildman–Crippen LogP) is 3.41. The SMILES string of the molecule is CCN(CC)S(=O)(=O)c1ccc(C(=O)Nc2nnc(Cc3ccccc3)s2)cc1. The number of nitrogens with zero attached hydrogens (tertiary/aromatic N) is 3. The van der Waals surface area contributed by atoms with Crippen LogP contribution in [0.1, 0.15) is 34.8 Å². The molecule has 0 saturated carbocycles. The van der Waals surface area contributed by atoms with E-state index in [0.717, 1.165) is 10.6 Å². The van der Waals surface area contributed by atoms with E-state index in [2.05, 4.69) is 15.5 Å². The molecule has 0 unspecified atom stereocenters. The van der Waals surface area contributed by atoms with Gasteiger partial charge in [0.1, 0.15) is 5.01 Å². The smallest absolute Gasteiger partial charge is 0.257 e. The molecule has 0 aliphatic heterocycles. The molecule has 1 amide bonds. The lowest BCUT2D eigenvalue weighted by molar-refractivity contribution is 0.102. The van der Waals surface area contributed by atoms with Gasteiger partial charge < -0.3 is 0 Å². The van der Waals surface area contributed by atoms with Crippen LogP contribution in [0.2, 0.25) is 0 Å². The second-order valence-electron chi connectivity index (χ2n) is 6.23. The molecule has 0 aliphatic carbocycles. The molecule has 152 valence electrons. The fourth-order valence-electron chi connectivity index (χ4n) is 2.81. The van der Waals surface area contributed by atoms with Gasteiger partial charge in [-0.2, -0.15) is 4.31 Å². The summed E-state index contributed by atoms with van der Waals surface area (Å²) in [7, 11) is -3.55. The molecule has 3 rings (SSSR count). The summed E-state index contributed by atoms with van der Waals surface area (Å²) in [4.78, 5) is 12.6. The van der Waals surface area contributed by atoms with Gasteiger partial charge in [-0.05, 0) is 29.8 Å².